The van der Waals surface area contributed by atoms with E-state index in [0.29, 0.717) is 12.3 Å². The van der Waals surface area contributed by atoms with Gasteiger partial charge in [-0.2, -0.15) is 0 Å². The molecule has 1 saturated heterocycles. The van der Waals surface area contributed by atoms with Crippen molar-refractivity contribution in [2.75, 3.05) is 19.6 Å². The lowest BCUT2D eigenvalue weighted by atomic mass is 9.69. The molecule has 1 amide bonds. The van der Waals surface area contributed by atoms with Crippen LogP contribution in [0.2, 0.25) is 0 Å². The van der Waals surface area contributed by atoms with E-state index in [4.69, 9.17) is 0 Å². The minimum atomic E-state index is 0.119. The van der Waals surface area contributed by atoms with Gasteiger partial charge in [0.25, 0.3) is 0 Å². The Labute approximate surface area is 112 Å². The third kappa shape index (κ3) is 4.60. The van der Waals surface area contributed by atoms with Crippen LogP contribution in [0.4, 0.5) is 0 Å². The molecule has 0 radical (unpaired) electrons. The summed E-state index contributed by atoms with van der Waals surface area (Å²) < 4.78 is 0. The molecular formula is C15H30N2O. The van der Waals surface area contributed by atoms with Crippen LogP contribution in [0.15, 0.2) is 0 Å². The second kappa shape index (κ2) is 6.05. The molecule has 1 aliphatic heterocycles. The Morgan fingerprint density at radius 1 is 1.28 bits per heavy atom. The van der Waals surface area contributed by atoms with E-state index in [-0.39, 0.29) is 16.7 Å². The summed E-state index contributed by atoms with van der Waals surface area (Å²) >= 11 is 0. The van der Waals surface area contributed by atoms with Gasteiger partial charge in [0.05, 0.1) is 0 Å². The van der Waals surface area contributed by atoms with Gasteiger partial charge in [0.1, 0.15) is 0 Å². The van der Waals surface area contributed by atoms with Crippen molar-refractivity contribution < 1.29 is 4.79 Å². The van der Waals surface area contributed by atoms with E-state index in [0.717, 1.165) is 19.6 Å². The maximum atomic E-state index is 11.9. The van der Waals surface area contributed by atoms with Crippen molar-refractivity contribution >= 4 is 5.91 Å². The van der Waals surface area contributed by atoms with Crippen LogP contribution in [0.3, 0.4) is 0 Å². The van der Waals surface area contributed by atoms with Gasteiger partial charge in [-0.15, -0.1) is 0 Å². The third-order valence-electron chi connectivity index (χ3n) is 4.63. The number of carbonyl (C=O) groups is 1. The largest absolute Gasteiger partial charge is 0.356 e. The molecule has 1 unspecified atom stereocenters. The van der Waals surface area contributed by atoms with Crippen LogP contribution in [0.5, 0.6) is 0 Å². The van der Waals surface area contributed by atoms with Crippen LogP contribution >= 0.6 is 0 Å². The van der Waals surface area contributed by atoms with Crippen molar-refractivity contribution in [3.63, 3.8) is 0 Å². The minimum absolute atomic E-state index is 0.119. The summed E-state index contributed by atoms with van der Waals surface area (Å²) in [5.74, 6) is 0.734. The van der Waals surface area contributed by atoms with Gasteiger partial charge in [0.2, 0.25) is 5.91 Å². The normalized spacial score (nSPS) is 21.7. The summed E-state index contributed by atoms with van der Waals surface area (Å²) in [5.41, 5.74) is 0.320. The van der Waals surface area contributed by atoms with Gasteiger partial charge < -0.3 is 10.6 Å². The zero-order valence-electron chi connectivity index (χ0n) is 12.7. The van der Waals surface area contributed by atoms with Crippen LogP contribution in [0.25, 0.3) is 0 Å². The van der Waals surface area contributed by atoms with E-state index in [1.165, 1.54) is 12.8 Å². The molecule has 3 heteroatoms. The van der Waals surface area contributed by atoms with E-state index >= 15 is 0 Å². The van der Waals surface area contributed by atoms with Gasteiger partial charge in [-0.05, 0) is 42.7 Å². The van der Waals surface area contributed by atoms with E-state index in [1.54, 1.807) is 0 Å². The first-order chi connectivity index (χ1) is 8.22. The van der Waals surface area contributed by atoms with Crippen LogP contribution in [0, 0.1) is 16.7 Å². The lowest BCUT2D eigenvalue weighted by molar-refractivity contribution is -0.122. The van der Waals surface area contributed by atoms with Gasteiger partial charge in [-0.1, -0.05) is 34.6 Å². The van der Waals surface area contributed by atoms with E-state index < -0.39 is 0 Å². The Morgan fingerprint density at radius 2 is 1.94 bits per heavy atom. The van der Waals surface area contributed by atoms with Gasteiger partial charge >= 0.3 is 0 Å². The molecule has 2 N–H and O–H groups in total. The predicted octanol–water partition coefficient (Wildman–Crippen LogP) is 2.56. The van der Waals surface area contributed by atoms with Crippen molar-refractivity contribution in [3.05, 3.63) is 0 Å². The lowest BCUT2D eigenvalue weighted by Crippen LogP contribution is -2.42. The van der Waals surface area contributed by atoms with Crippen molar-refractivity contribution in [3.8, 4) is 0 Å². The molecule has 1 rings (SSSR count). The summed E-state index contributed by atoms with van der Waals surface area (Å²) in [7, 11) is 0. The molecular weight excluding hydrogens is 224 g/mol. The summed E-state index contributed by atoms with van der Waals surface area (Å²) in [6, 6.07) is 0. The number of amides is 1. The highest BCUT2D eigenvalue weighted by Crippen LogP contribution is 2.37. The highest BCUT2D eigenvalue weighted by molar-refractivity contribution is 5.76. The van der Waals surface area contributed by atoms with Crippen LogP contribution < -0.4 is 10.6 Å². The monoisotopic (exact) mass is 254 g/mol. The molecule has 1 atom stereocenters. The number of piperidine rings is 1. The number of carbonyl (C=O) groups excluding carboxylic acids is 1. The highest BCUT2D eigenvalue weighted by Gasteiger charge is 2.33. The van der Waals surface area contributed by atoms with Crippen LogP contribution in [-0.4, -0.2) is 25.5 Å². The molecule has 3 nitrogen and oxygen atoms in total. The molecule has 0 aromatic heterocycles. The molecule has 0 aromatic carbocycles. The first-order valence-corrected chi connectivity index (χ1v) is 7.20. The van der Waals surface area contributed by atoms with E-state index in [2.05, 4.69) is 45.3 Å². The standard InChI is InChI=1S/C15H30N2O/c1-14(2,3)15(4,5)11-17-13(18)9-12-7-6-8-16-10-12/h12,16H,6-11H2,1-5H3,(H,17,18). The predicted molar refractivity (Wildman–Crippen MR) is 76.5 cm³/mol. The van der Waals surface area contributed by atoms with Gasteiger partial charge in [-0.3, -0.25) is 4.79 Å². The highest BCUT2D eigenvalue weighted by atomic mass is 16.1. The first-order valence-electron chi connectivity index (χ1n) is 7.20. The Hall–Kier alpha value is -0.570. The first kappa shape index (κ1) is 15.5. The van der Waals surface area contributed by atoms with Crippen molar-refractivity contribution in [1.29, 1.82) is 0 Å². The minimum Gasteiger partial charge on any atom is -0.356 e. The topological polar surface area (TPSA) is 41.1 Å². The maximum absolute atomic E-state index is 11.9. The quantitative estimate of drug-likeness (QED) is 0.809. The fourth-order valence-corrected chi connectivity index (χ4v) is 2.02. The molecule has 106 valence electrons. The number of hydrogen-bond donors (Lipinski definition) is 2. The molecule has 0 spiro atoms. The van der Waals surface area contributed by atoms with Crippen molar-refractivity contribution in [2.45, 2.75) is 53.9 Å². The second-order valence-electron chi connectivity index (χ2n) is 7.33. The molecule has 0 aliphatic carbocycles. The van der Waals surface area contributed by atoms with E-state index in [1.807, 2.05) is 0 Å². The Kier molecular flexibility index (Phi) is 5.20. The van der Waals surface area contributed by atoms with Crippen molar-refractivity contribution in [1.82, 2.24) is 10.6 Å². The van der Waals surface area contributed by atoms with E-state index in [9.17, 15) is 4.79 Å². The summed E-state index contributed by atoms with van der Waals surface area (Å²) in [5, 5.41) is 6.47. The number of hydrogen-bond acceptors (Lipinski definition) is 2. The second-order valence-corrected chi connectivity index (χ2v) is 7.33. The summed E-state index contributed by atoms with van der Waals surface area (Å²) in [4.78, 5) is 11.9. The average molecular weight is 254 g/mol. The zero-order valence-corrected chi connectivity index (χ0v) is 12.7. The molecule has 0 bridgehead atoms. The Balaban J connectivity index is 2.32. The molecule has 1 heterocycles. The summed E-state index contributed by atoms with van der Waals surface area (Å²) in [6.07, 6.45) is 3.06. The fourth-order valence-electron chi connectivity index (χ4n) is 2.02. The lowest BCUT2D eigenvalue weighted by Gasteiger charge is -2.39. The summed E-state index contributed by atoms with van der Waals surface area (Å²) in [6.45, 7) is 14.0. The van der Waals surface area contributed by atoms with Gasteiger partial charge in [0, 0.05) is 13.0 Å². The smallest absolute Gasteiger partial charge is 0.220 e. The maximum Gasteiger partial charge on any atom is 0.220 e. The molecule has 0 saturated carbocycles. The van der Waals surface area contributed by atoms with Crippen LogP contribution in [0.1, 0.15) is 53.9 Å². The molecule has 1 fully saturated rings. The Bertz CT molecular complexity index is 273. The number of rotatable bonds is 4. The third-order valence-corrected chi connectivity index (χ3v) is 4.63. The average Bonchev–Trinajstić information content (AvgIpc) is 2.26. The SMILES string of the molecule is CC(C)(C)C(C)(C)CNC(=O)CC1CCCNC1. The number of nitrogens with one attached hydrogen (secondary N) is 2. The molecule has 18 heavy (non-hydrogen) atoms. The van der Waals surface area contributed by atoms with Crippen LogP contribution in [-0.2, 0) is 4.79 Å². The molecule has 1 aliphatic rings. The van der Waals surface area contributed by atoms with Gasteiger partial charge in [0.15, 0.2) is 0 Å². The van der Waals surface area contributed by atoms with Crippen molar-refractivity contribution in [2.24, 2.45) is 16.7 Å². The fraction of sp³-hybridized carbons (Fsp3) is 0.933. The Morgan fingerprint density at radius 3 is 2.44 bits per heavy atom. The molecule has 0 aromatic rings. The van der Waals surface area contributed by atoms with Gasteiger partial charge in [-0.25, -0.2) is 0 Å². The zero-order chi connectivity index (χ0) is 13.8.